The van der Waals surface area contributed by atoms with E-state index < -0.39 is 6.10 Å². The standard InChI is InChI=1S/C24H28N6O3S.2ClH/c1-33-22-12-26-18-4-2-3-17(23(18)29-22)19(31)13-30-9-7-15(8-10-30)25-11-16-5-6-20-24(27-16)28-21(32)14-34-20;;/h2-6,12,15,19,25,31H,7-11,13-14H2,1H3,(H,27,28,32);2*1H. The van der Waals surface area contributed by atoms with E-state index in [4.69, 9.17) is 4.74 Å². The van der Waals surface area contributed by atoms with Gasteiger partial charge in [0, 0.05) is 24.7 Å². The molecule has 0 bridgehead atoms. The number of aliphatic hydroxyl groups excluding tert-OH is 1. The van der Waals surface area contributed by atoms with Gasteiger partial charge in [0.05, 0.1) is 46.8 Å². The van der Waals surface area contributed by atoms with Crippen molar-refractivity contribution >= 4 is 59.3 Å². The van der Waals surface area contributed by atoms with Gasteiger partial charge in [0.1, 0.15) is 5.82 Å². The Morgan fingerprint density at radius 1 is 1.22 bits per heavy atom. The molecule has 1 atom stereocenters. The second-order valence-electron chi connectivity index (χ2n) is 8.59. The van der Waals surface area contributed by atoms with Crippen LogP contribution in [0.3, 0.4) is 0 Å². The van der Waals surface area contributed by atoms with Gasteiger partial charge in [0.2, 0.25) is 11.8 Å². The van der Waals surface area contributed by atoms with Gasteiger partial charge in [0.15, 0.2) is 0 Å². The van der Waals surface area contributed by atoms with Crippen LogP contribution in [0.25, 0.3) is 11.0 Å². The summed E-state index contributed by atoms with van der Waals surface area (Å²) in [5.74, 6) is 1.55. The van der Waals surface area contributed by atoms with E-state index in [0.29, 0.717) is 42.1 Å². The molecule has 3 aromatic rings. The number of thioether (sulfide) groups is 1. The van der Waals surface area contributed by atoms with Crippen molar-refractivity contribution in [2.24, 2.45) is 0 Å². The van der Waals surface area contributed by atoms with Crippen LogP contribution in [0.5, 0.6) is 5.88 Å². The number of amides is 1. The van der Waals surface area contributed by atoms with E-state index in [1.165, 1.54) is 11.8 Å². The zero-order valence-electron chi connectivity index (χ0n) is 19.8. The molecule has 1 fully saturated rings. The minimum absolute atomic E-state index is 0. The van der Waals surface area contributed by atoms with Crippen LogP contribution in [-0.2, 0) is 11.3 Å². The molecular weight excluding hydrogens is 523 g/mol. The number of piperidine rings is 1. The highest BCUT2D eigenvalue weighted by Gasteiger charge is 2.23. The first-order valence-electron chi connectivity index (χ1n) is 11.4. The maximum atomic E-state index is 11.6. The van der Waals surface area contributed by atoms with Crippen molar-refractivity contribution in [3.8, 4) is 5.88 Å². The van der Waals surface area contributed by atoms with Crippen LogP contribution in [0.15, 0.2) is 41.4 Å². The monoisotopic (exact) mass is 552 g/mol. The third-order valence-electron chi connectivity index (χ3n) is 6.27. The Hall–Kier alpha value is -2.21. The fraction of sp³-hybridized carbons (Fsp3) is 0.417. The number of hydrogen-bond donors (Lipinski definition) is 3. The number of aliphatic hydroxyl groups is 1. The Kier molecular flexibility index (Phi) is 10.1. The highest BCUT2D eigenvalue weighted by molar-refractivity contribution is 8.00. The molecule has 2 aromatic heterocycles. The molecule has 36 heavy (non-hydrogen) atoms. The molecule has 3 N–H and O–H groups in total. The quantitative estimate of drug-likeness (QED) is 0.406. The fourth-order valence-electron chi connectivity index (χ4n) is 4.42. The number of rotatable bonds is 7. The highest BCUT2D eigenvalue weighted by Crippen LogP contribution is 2.30. The summed E-state index contributed by atoms with van der Waals surface area (Å²) in [5.41, 5.74) is 3.12. The molecule has 5 rings (SSSR count). The number of likely N-dealkylation sites (tertiary alicyclic amines) is 1. The smallest absolute Gasteiger partial charge is 0.235 e. The van der Waals surface area contributed by atoms with Crippen LogP contribution in [0.1, 0.15) is 30.2 Å². The first-order valence-corrected chi connectivity index (χ1v) is 12.4. The fourth-order valence-corrected chi connectivity index (χ4v) is 5.18. The van der Waals surface area contributed by atoms with Gasteiger partial charge in [-0.3, -0.25) is 4.79 Å². The van der Waals surface area contributed by atoms with Crippen LogP contribution in [0.2, 0.25) is 0 Å². The number of pyridine rings is 1. The molecule has 2 aliphatic heterocycles. The lowest BCUT2D eigenvalue weighted by atomic mass is 10.0. The van der Waals surface area contributed by atoms with Crippen molar-refractivity contribution in [3.05, 3.63) is 47.8 Å². The minimum atomic E-state index is -0.651. The van der Waals surface area contributed by atoms with Crippen molar-refractivity contribution in [2.45, 2.75) is 36.4 Å². The summed E-state index contributed by atoms with van der Waals surface area (Å²) < 4.78 is 5.21. The molecule has 12 heteroatoms. The number of halogens is 2. The van der Waals surface area contributed by atoms with Gasteiger partial charge < -0.3 is 25.4 Å². The number of hydrogen-bond acceptors (Lipinski definition) is 9. The van der Waals surface area contributed by atoms with Crippen molar-refractivity contribution in [2.75, 3.05) is 37.8 Å². The van der Waals surface area contributed by atoms with E-state index >= 15 is 0 Å². The predicted octanol–water partition coefficient (Wildman–Crippen LogP) is 3.21. The summed E-state index contributed by atoms with van der Waals surface area (Å²) >= 11 is 1.52. The molecule has 0 spiro atoms. The number of methoxy groups -OCH3 is 1. The Bertz CT molecular complexity index is 1200. The third-order valence-corrected chi connectivity index (χ3v) is 7.32. The summed E-state index contributed by atoms with van der Waals surface area (Å²) in [6.07, 6.45) is 2.92. The Labute approximate surface area is 226 Å². The van der Waals surface area contributed by atoms with Crippen LogP contribution >= 0.6 is 36.6 Å². The summed E-state index contributed by atoms with van der Waals surface area (Å²) in [6, 6.07) is 10.1. The number of fused-ring (bicyclic) bond motifs is 2. The topological polar surface area (TPSA) is 113 Å². The molecule has 1 aromatic carbocycles. The van der Waals surface area contributed by atoms with Gasteiger partial charge in [-0.25, -0.2) is 15.0 Å². The lowest BCUT2D eigenvalue weighted by molar-refractivity contribution is -0.113. The molecule has 194 valence electrons. The largest absolute Gasteiger partial charge is 0.480 e. The second kappa shape index (κ2) is 12.8. The first-order chi connectivity index (χ1) is 16.6. The molecule has 4 heterocycles. The summed E-state index contributed by atoms with van der Waals surface area (Å²) in [5, 5.41) is 17.4. The van der Waals surface area contributed by atoms with E-state index in [-0.39, 0.29) is 30.7 Å². The molecule has 1 unspecified atom stereocenters. The van der Waals surface area contributed by atoms with E-state index in [0.717, 1.165) is 47.6 Å². The van der Waals surface area contributed by atoms with Crippen LogP contribution in [-0.4, -0.2) is 69.4 Å². The van der Waals surface area contributed by atoms with Crippen molar-refractivity contribution in [1.29, 1.82) is 0 Å². The summed E-state index contributed by atoms with van der Waals surface area (Å²) in [4.78, 5) is 28.4. The molecule has 9 nitrogen and oxygen atoms in total. The van der Waals surface area contributed by atoms with E-state index in [1.807, 2.05) is 30.3 Å². The predicted molar refractivity (Wildman–Crippen MR) is 145 cm³/mol. The van der Waals surface area contributed by atoms with Crippen LogP contribution < -0.4 is 15.4 Å². The van der Waals surface area contributed by atoms with E-state index in [2.05, 4.69) is 30.5 Å². The SMILES string of the molecule is COc1cnc2cccc(C(O)CN3CCC(NCc4ccc5c(n4)NC(=O)CS5)CC3)c2n1.Cl.Cl. The number of ether oxygens (including phenoxy) is 1. The Morgan fingerprint density at radius 2 is 2.03 bits per heavy atom. The number of nitrogens with zero attached hydrogens (tertiary/aromatic N) is 4. The number of nitrogens with one attached hydrogen (secondary N) is 2. The van der Waals surface area contributed by atoms with Gasteiger partial charge >= 0.3 is 0 Å². The van der Waals surface area contributed by atoms with Crippen molar-refractivity contribution in [1.82, 2.24) is 25.2 Å². The summed E-state index contributed by atoms with van der Waals surface area (Å²) in [6.45, 7) is 3.02. The highest BCUT2D eigenvalue weighted by atomic mass is 35.5. The van der Waals surface area contributed by atoms with Gasteiger partial charge in [-0.2, -0.15) is 0 Å². The van der Waals surface area contributed by atoms with Gasteiger partial charge in [-0.15, -0.1) is 36.6 Å². The number of anilines is 1. The number of β-amino-alcohol motifs (C(OH)–C–C–N with tert-alkyl or cyclic N) is 1. The normalized spacial score (nSPS) is 16.9. The molecule has 2 aliphatic rings. The molecule has 0 saturated carbocycles. The number of benzene rings is 1. The van der Waals surface area contributed by atoms with Gasteiger partial charge in [0.25, 0.3) is 0 Å². The second-order valence-corrected chi connectivity index (χ2v) is 9.60. The number of carbonyl (C=O) groups is 1. The average Bonchev–Trinajstić information content (AvgIpc) is 2.87. The zero-order valence-corrected chi connectivity index (χ0v) is 22.3. The zero-order chi connectivity index (χ0) is 23.5. The van der Waals surface area contributed by atoms with Gasteiger partial charge in [-0.05, 0) is 44.1 Å². The van der Waals surface area contributed by atoms with Crippen molar-refractivity contribution < 1.29 is 14.6 Å². The first kappa shape index (κ1) is 28.4. The lowest BCUT2D eigenvalue weighted by Gasteiger charge is -2.33. The Morgan fingerprint density at radius 3 is 2.81 bits per heavy atom. The number of aromatic nitrogens is 3. The van der Waals surface area contributed by atoms with Crippen LogP contribution in [0.4, 0.5) is 5.82 Å². The third kappa shape index (κ3) is 6.56. The molecule has 1 saturated heterocycles. The average molecular weight is 554 g/mol. The van der Waals surface area contributed by atoms with Gasteiger partial charge in [-0.1, -0.05) is 12.1 Å². The summed E-state index contributed by atoms with van der Waals surface area (Å²) in [7, 11) is 1.56. The van der Waals surface area contributed by atoms with E-state index in [1.54, 1.807) is 13.3 Å². The molecule has 0 aliphatic carbocycles. The number of para-hydroxylation sites is 1. The van der Waals surface area contributed by atoms with Crippen molar-refractivity contribution in [3.63, 3.8) is 0 Å². The number of carbonyl (C=O) groups excluding carboxylic acids is 1. The van der Waals surface area contributed by atoms with Crippen LogP contribution in [0, 0.1) is 0 Å². The minimum Gasteiger partial charge on any atom is -0.480 e. The molecule has 1 amide bonds. The lowest BCUT2D eigenvalue weighted by Crippen LogP contribution is -2.43. The molecular formula is C24H30Cl2N6O3S. The maximum absolute atomic E-state index is 11.6. The Balaban J connectivity index is 0.00000180. The maximum Gasteiger partial charge on any atom is 0.235 e. The molecule has 0 radical (unpaired) electrons. The van der Waals surface area contributed by atoms with E-state index in [9.17, 15) is 9.90 Å².